The number of carbonyl (C=O) groups excluding carboxylic acids is 1. The molecule has 1 aromatic heterocycles. The van der Waals surface area contributed by atoms with Gasteiger partial charge in [-0.1, -0.05) is 18.2 Å². The van der Waals surface area contributed by atoms with Crippen molar-refractivity contribution in [2.45, 2.75) is 6.04 Å². The second-order valence-electron chi connectivity index (χ2n) is 3.97. The molecule has 19 heavy (non-hydrogen) atoms. The zero-order valence-electron chi connectivity index (χ0n) is 10.5. The van der Waals surface area contributed by atoms with E-state index in [2.05, 4.69) is 10.3 Å². The lowest BCUT2D eigenvalue weighted by Crippen LogP contribution is -2.27. The molecule has 0 spiro atoms. The lowest BCUT2D eigenvalue weighted by Gasteiger charge is -2.18. The normalized spacial score (nSPS) is 11.6. The van der Waals surface area contributed by atoms with Crippen molar-refractivity contribution in [3.63, 3.8) is 0 Å². The Balaban J connectivity index is 2.30. The highest BCUT2D eigenvalue weighted by atomic mass is 16.5. The van der Waals surface area contributed by atoms with Crippen LogP contribution in [-0.4, -0.2) is 18.0 Å². The summed E-state index contributed by atoms with van der Waals surface area (Å²) in [4.78, 5) is 15.6. The molecule has 0 aliphatic carbocycles. The van der Waals surface area contributed by atoms with E-state index < -0.39 is 11.9 Å². The van der Waals surface area contributed by atoms with Crippen LogP contribution in [0.1, 0.15) is 11.6 Å². The Morgan fingerprint density at radius 1 is 1.32 bits per heavy atom. The van der Waals surface area contributed by atoms with Gasteiger partial charge in [0, 0.05) is 18.0 Å². The molecule has 98 valence electrons. The predicted octanol–water partition coefficient (Wildman–Crippen LogP) is 1.73. The standard InChI is InChI=1S/C14H15N3O2/c1-19-12-7-3-2-6-11(12)17-13(14(15)18)10-5-4-8-16-9-10/h2-9,13,17H,1H3,(H2,15,18). The van der Waals surface area contributed by atoms with Gasteiger partial charge in [0.25, 0.3) is 0 Å². The molecule has 0 bridgehead atoms. The minimum Gasteiger partial charge on any atom is -0.495 e. The van der Waals surface area contributed by atoms with Crippen LogP contribution in [0.4, 0.5) is 5.69 Å². The molecule has 1 amide bonds. The summed E-state index contributed by atoms with van der Waals surface area (Å²) in [5, 5.41) is 3.07. The van der Waals surface area contributed by atoms with Crippen LogP contribution < -0.4 is 15.8 Å². The van der Waals surface area contributed by atoms with E-state index in [1.807, 2.05) is 24.3 Å². The number of carbonyl (C=O) groups is 1. The number of benzene rings is 1. The van der Waals surface area contributed by atoms with Crippen LogP contribution in [0, 0.1) is 0 Å². The predicted molar refractivity (Wildman–Crippen MR) is 72.8 cm³/mol. The minimum absolute atomic E-state index is 0.473. The number of amides is 1. The van der Waals surface area contributed by atoms with Gasteiger partial charge in [0.15, 0.2) is 0 Å². The fourth-order valence-corrected chi connectivity index (χ4v) is 1.78. The Labute approximate surface area is 111 Å². The molecule has 1 aromatic carbocycles. The van der Waals surface area contributed by atoms with Crippen LogP contribution in [0.2, 0.25) is 0 Å². The Bertz CT molecular complexity index is 558. The van der Waals surface area contributed by atoms with Crippen LogP contribution in [-0.2, 0) is 4.79 Å². The molecule has 2 rings (SSSR count). The Hall–Kier alpha value is -2.56. The monoisotopic (exact) mass is 257 g/mol. The third-order valence-corrected chi connectivity index (χ3v) is 2.71. The molecular formula is C14H15N3O2. The third-order valence-electron chi connectivity index (χ3n) is 2.71. The number of nitrogens with two attached hydrogens (primary N) is 1. The molecule has 0 radical (unpaired) electrons. The van der Waals surface area contributed by atoms with E-state index in [4.69, 9.17) is 10.5 Å². The van der Waals surface area contributed by atoms with Gasteiger partial charge in [0.1, 0.15) is 11.8 Å². The van der Waals surface area contributed by atoms with Gasteiger partial charge in [-0.3, -0.25) is 9.78 Å². The summed E-state index contributed by atoms with van der Waals surface area (Å²) in [6, 6.07) is 10.2. The number of hydrogen-bond acceptors (Lipinski definition) is 4. The van der Waals surface area contributed by atoms with Crippen LogP contribution in [0.25, 0.3) is 0 Å². The van der Waals surface area contributed by atoms with Gasteiger partial charge in [-0.15, -0.1) is 0 Å². The SMILES string of the molecule is COc1ccccc1NC(C(N)=O)c1cccnc1. The van der Waals surface area contributed by atoms with Crippen molar-refractivity contribution >= 4 is 11.6 Å². The Kier molecular flexibility index (Phi) is 3.97. The van der Waals surface area contributed by atoms with Crippen LogP contribution >= 0.6 is 0 Å². The second-order valence-corrected chi connectivity index (χ2v) is 3.97. The van der Waals surface area contributed by atoms with E-state index in [0.29, 0.717) is 17.0 Å². The summed E-state index contributed by atoms with van der Waals surface area (Å²) < 4.78 is 5.23. The summed E-state index contributed by atoms with van der Waals surface area (Å²) in [5.74, 6) is 0.177. The molecule has 0 fully saturated rings. The quantitative estimate of drug-likeness (QED) is 0.855. The number of hydrogen-bond donors (Lipinski definition) is 2. The number of rotatable bonds is 5. The zero-order valence-corrected chi connectivity index (χ0v) is 10.5. The first kappa shape index (κ1) is 12.9. The Morgan fingerprint density at radius 3 is 2.74 bits per heavy atom. The molecule has 0 saturated carbocycles. The van der Waals surface area contributed by atoms with Crippen molar-refractivity contribution in [2.75, 3.05) is 12.4 Å². The zero-order chi connectivity index (χ0) is 13.7. The summed E-state index contributed by atoms with van der Waals surface area (Å²) in [6.45, 7) is 0. The number of methoxy groups -OCH3 is 1. The number of para-hydroxylation sites is 2. The van der Waals surface area contributed by atoms with Crippen molar-refractivity contribution in [3.05, 3.63) is 54.4 Å². The van der Waals surface area contributed by atoms with E-state index in [0.717, 1.165) is 0 Å². The lowest BCUT2D eigenvalue weighted by atomic mass is 10.1. The van der Waals surface area contributed by atoms with Gasteiger partial charge in [-0.2, -0.15) is 0 Å². The molecule has 1 atom stereocenters. The van der Waals surface area contributed by atoms with Gasteiger partial charge < -0.3 is 15.8 Å². The number of pyridine rings is 1. The highest BCUT2D eigenvalue weighted by Crippen LogP contribution is 2.27. The number of ether oxygens (including phenoxy) is 1. The highest BCUT2D eigenvalue weighted by molar-refractivity contribution is 5.85. The average molecular weight is 257 g/mol. The van der Waals surface area contributed by atoms with Gasteiger partial charge in [0.2, 0.25) is 5.91 Å². The van der Waals surface area contributed by atoms with Crippen LogP contribution in [0.15, 0.2) is 48.8 Å². The summed E-state index contributed by atoms with van der Waals surface area (Å²) in [6.07, 6.45) is 3.25. The van der Waals surface area contributed by atoms with E-state index in [-0.39, 0.29) is 0 Å². The van der Waals surface area contributed by atoms with Gasteiger partial charge >= 0.3 is 0 Å². The lowest BCUT2D eigenvalue weighted by molar-refractivity contribution is -0.118. The van der Waals surface area contributed by atoms with E-state index >= 15 is 0 Å². The number of anilines is 1. The van der Waals surface area contributed by atoms with E-state index in [1.165, 1.54) is 0 Å². The first-order valence-corrected chi connectivity index (χ1v) is 5.81. The molecule has 0 saturated heterocycles. The van der Waals surface area contributed by atoms with Crippen molar-refractivity contribution < 1.29 is 9.53 Å². The Morgan fingerprint density at radius 2 is 2.11 bits per heavy atom. The smallest absolute Gasteiger partial charge is 0.244 e. The minimum atomic E-state index is -0.648. The summed E-state index contributed by atoms with van der Waals surface area (Å²) in [5.41, 5.74) is 6.85. The molecule has 2 aromatic rings. The van der Waals surface area contributed by atoms with Gasteiger partial charge in [-0.05, 0) is 18.2 Å². The fourth-order valence-electron chi connectivity index (χ4n) is 1.78. The molecule has 3 N–H and O–H groups in total. The van der Waals surface area contributed by atoms with Gasteiger partial charge in [-0.25, -0.2) is 0 Å². The van der Waals surface area contributed by atoms with Crippen LogP contribution in [0.3, 0.4) is 0 Å². The largest absolute Gasteiger partial charge is 0.495 e. The first-order valence-electron chi connectivity index (χ1n) is 5.81. The molecule has 1 heterocycles. The van der Waals surface area contributed by atoms with E-state index in [1.54, 1.807) is 31.6 Å². The molecule has 5 nitrogen and oxygen atoms in total. The number of aromatic nitrogens is 1. The third kappa shape index (κ3) is 3.01. The number of primary amides is 1. The average Bonchev–Trinajstić information content (AvgIpc) is 2.45. The maximum Gasteiger partial charge on any atom is 0.244 e. The number of nitrogens with zero attached hydrogens (tertiary/aromatic N) is 1. The maximum absolute atomic E-state index is 11.6. The van der Waals surface area contributed by atoms with E-state index in [9.17, 15) is 4.79 Å². The van der Waals surface area contributed by atoms with Crippen molar-refractivity contribution in [2.24, 2.45) is 5.73 Å². The maximum atomic E-state index is 11.6. The van der Waals surface area contributed by atoms with Gasteiger partial charge in [0.05, 0.1) is 12.8 Å². The molecule has 5 heteroatoms. The topological polar surface area (TPSA) is 77.2 Å². The molecule has 0 aliphatic heterocycles. The molecule has 1 unspecified atom stereocenters. The highest BCUT2D eigenvalue weighted by Gasteiger charge is 2.18. The van der Waals surface area contributed by atoms with Crippen molar-refractivity contribution in [1.82, 2.24) is 4.98 Å². The number of nitrogens with one attached hydrogen (secondary N) is 1. The van der Waals surface area contributed by atoms with Crippen molar-refractivity contribution in [1.29, 1.82) is 0 Å². The van der Waals surface area contributed by atoms with Crippen LogP contribution in [0.5, 0.6) is 5.75 Å². The van der Waals surface area contributed by atoms with Crippen molar-refractivity contribution in [3.8, 4) is 5.75 Å². The molecular weight excluding hydrogens is 242 g/mol. The summed E-state index contributed by atoms with van der Waals surface area (Å²) >= 11 is 0. The first-order chi connectivity index (χ1) is 9.22. The molecule has 0 aliphatic rings. The second kappa shape index (κ2) is 5.86. The fraction of sp³-hybridized carbons (Fsp3) is 0.143. The summed E-state index contributed by atoms with van der Waals surface area (Å²) in [7, 11) is 1.57.